The normalized spacial score (nSPS) is 11.7. The summed E-state index contributed by atoms with van der Waals surface area (Å²) in [5.41, 5.74) is 0. The summed E-state index contributed by atoms with van der Waals surface area (Å²) in [6, 6.07) is 0. The summed E-state index contributed by atoms with van der Waals surface area (Å²) in [5.74, 6) is 0. The van der Waals surface area contributed by atoms with E-state index in [1.165, 1.54) is 0 Å². The van der Waals surface area contributed by atoms with Gasteiger partial charge in [-0.25, -0.2) is 0 Å². The fraction of sp³-hybridized carbons (Fsp3) is 0. The molecule has 0 bridgehead atoms. The topological polar surface area (TPSA) is 0 Å². The van der Waals surface area contributed by atoms with E-state index < -0.39 is 58.0 Å². The molecule has 0 unspecified atom stereocenters. The van der Waals surface area contributed by atoms with Gasteiger partial charge in [0.25, 0.3) is 0 Å². The van der Waals surface area contributed by atoms with Gasteiger partial charge in [0, 0.05) is 0 Å². The molecule has 0 aromatic heterocycles. The Morgan fingerprint density at radius 2 is 0.146 bits per heavy atom. The second-order valence-electron chi connectivity index (χ2n) is 3.96. The van der Waals surface area contributed by atoms with Crippen LogP contribution in [-0.2, 0) is 0 Å². The summed E-state index contributed by atoms with van der Waals surface area (Å²) >= 11 is 0. The molecule has 0 saturated carbocycles. The number of halogens is 32. The molecular weight excluding hydrogens is 717 g/mol. The van der Waals surface area contributed by atoms with Crippen LogP contribution in [0.25, 0.3) is 0 Å². The van der Waals surface area contributed by atoms with Crippen LogP contribution in [0, 0.1) is 0 Å². The molecule has 258 valence electrons. The first kappa shape index (κ1) is 63.5. The average molecular weight is 718 g/mol. The molecule has 0 heterocycles. The van der Waals surface area contributed by atoms with Gasteiger partial charge in [-0.1, -0.05) is 0 Å². The van der Waals surface area contributed by atoms with Crippen molar-refractivity contribution in [2.45, 2.75) is 0 Å². The van der Waals surface area contributed by atoms with Crippen LogP contribution in [0.1, 0.15) is 1.43 Å². The minimum Gasteiger partial charge on any atom is -1.00 e. The molecule has 0 aliphatic heterocycles. The molecule has 0 aliphatic carbocycles. The van der Waals surface area contributed by atoms with E-state index in [2.05, 4.69) is 0 Å². The van der Waals surface area contributed by atoms with Crippen molar-refractivity contribution in [2.75, 3.05) is 0 Å². The van der Waals surface area contributed by atoms with E-state index in [4.69, 9.17) is 0 Å². The number of hydrogen-bond donors (Lipinski definition) is 0. The fourth-order valence-electron chi connectivity index (χ4n) is 0. The SMILES string of the molecule is F[B-](F)(F)F.F[B-](F)(F)F.F[B-](F)(F)F.F[B-](F)(F)F.F[B-](F)(F)F.F[B-](F)(F)F.F[B-](F)(F)F.F[B-](F)(F)F.[H-].[Na+]. The zero-order valence-corrected chi connectivity index (χ0v) is 19.7. The van der Waals surface area contributed by atoms with Crippen LogP contribution in [0.2, 0.25) is 0 Å². The summed E-state index contributed by atoms with van der Waals surface area (Å²) in [6.45, 7) is 0. The van der Waals surface area contributed by atoms with Crippen molar-refractivity contribution in [3.63, 3.8) is 0 Å². The average Bonchev–Trinajstić information content (AvgIpc) is 2.16. The van der Waals surface area contributed by atoms with Gasteiger partial charge in [-0.05, 0) is 0 Å². The Balaban J connectivity index is -0.0000000346. The van der Waals surface area contributed by atoms with E-state index in [0.29, 0.717) is 0 Å². The maximum Gasteiger partial charge on any atom is 1.00 e. The van der Waals surface area contributed by atoms with E-state index in [0.717, 1.165) is 0 Å². The van der Waals surface area contributed by atoms with Crippen molar-refractivity contribution < 1.29 is 169 Å². The minimum absolute atomic E-state index is 0. The Morgan fingerprint density at radius 1 is 0.146 bits per heavy atom. The van der Waals surface area contributed by atoms with Crippen molar-refractivity contribution in [2.24, 2.45) is 0 Å². The monoisotopic (exact) mass is 720 g/mol. The Morgan fingerprint density at radius 3 is 0.146 bits per heavy atom. The van der Waals surface area contributed by atoms with Crippen LogP contribution < -0.4 is 29.6 Å². The van der Waals surface area contributed by atoms with E-state index in [-0.39, 0.29) is 31.0 Å². The van der Waals surface area contributed by atoms with Gasteiger partial charge in [0.2, 0.25) is 0 Å². The third-order valence-electron chi connectivity index (χ3n) is 0. The molecule has 0 N–H and O–H groups in total. The molecule has 0 spiro atoms. The van der Waals surface area contributed by atoms with Gasteiger partial charge in [0.1, 0.15) is 0 Å². The molecule has 0 aliphatic rings. The zero-order chi connectivity index (χ0) is 36.0. The molecule has 0 saturated heterocycles. The maximum absolute atomic E-state index is 9.75. The maximum atomic E-state index is 9.75. The van der Waals surface area contributed by atoms with Crippen LogP contribution >= 0.6 is 0 Å². The summed E-state index contributed by atoms with van der Waals surface area (Å²) in [6.07, 6.45) is 0. The van der Waals surface area contributed by atoms with Crippen LogP contribution in [0.3, 0.4) is 0 Å². The molecule has 0 fully saturated rings. The van der Waals surface area contributed by atoms with Gasteiger partial charge >= 0.3 is 87.6 Å². The van der Waals surface area contributed by atoms with Crippen molar-refractivity contribution in [3.8, 4) is 0 Å². The van der Waals surface area contributed by atoms with E-state index in [1.807, 2.05) is 0 Å². The summed E-state index contributed by atoms with van der Waals surface area (Å²) in [7, 11) is -48.0. The molecule has 0 radical (unpaired) electrons. The molecule has 0 amide bonds. The van der Waals surface area contributed by atoms with Gasteiger partial charge in [0.05, 0.1) is 0 Å². The number of rotatable bonds is 0. The molecular formula is HB8F32Na-8. The first-order valence-corrected chi connectivity index (χ1v) is 6.98. The van der Waals surface area contributed by atoms with Crippen molar-refractivity contribution >= 4 is 58.0 Å². The van der Waals surface area contributed by atoms with Gasteiger partial charge in [0.15, 0.2) is 0 Å². The molecule has 0 aromatic rings. The molecule has 41 heteroatoms. The third-order valence-corrected chi connectivity index (χ3v) is 0. The van der Waals surface area contributed by atoms with Crippen LogP contribution in [0.15, 0.2) is 0 Å². The zero-order valence-electron chi connectivity index (χ0n) is 18.7. The second kappa shape index (κ2) is 25.7. The van der Waals surface area contributed by atoms with Crippen LogP contribution in [-0.4, -0.2) is 58.0 Å². The van der Waals surface area contributed by atoms with Gasteiger partial charge < -0.3 is 140 Å². The first-order chi connectivity index (χ1) is 16.0. The van der Waals surface area contributed by atoms with Gasteiger partial charge in [-0.3, -0.25) is 0 Å². The summed E-state index contributed by atoms with van der Waals surface area (Å²) < 4.78 is 312. The number of hydrogen-bond acceptors (Lipinski definition) is 0. The minimum atomic E-state index is -6.00. The van der Waals surface area contributed by atoms with E-state index in [1.54, 1.807) is 0 Å². The molecule has 0 atom stereocenters. The molecule has 41 heavy (non-hydrogen) atoms. The van der Waals surface area contributed by atoms with Crippen molar-refractivity contribution in [3.05, 3.63) is 0 Å². The Kier molecular flexibility index (Phi) is 39.9. The second-order valence-corrected chi connectivity index (χ2v) is 3.96. The Hall–Kier alpha value is -0.721. The smallest absolute Gasteiger partial charge is 1.00 e. The standard InChI is InChI=1S/8BF4.Na.H/c8*2-1(3,4)5;;/q8*-1;+1;-1. The van der Waals surface area contributed by atoms with Crippen molar-refractivity contribution in [1.29, 1.82) is 0 Å². The van der Waals surface area contributed by atoms with Crippen molar-refractivity contribution in [1.82, 2.24) is 0 Å². The summed E-state index contributed by atoms with van der Waals surface area (Å²) in [5, 5.41) is 0. The van der Waals surface area contributed by atoms with Gasteiger partial charge in [-0.2, -0.15) is 0 Å². The molecule has 0 aromatic carbocycles. The van der Waals surface area contributed by atoms with Gasteiger partial charge in [-0.15, -0.1) is 0 Å². The van der Waals surface area contributed by atoms with E-state index in [9.17, 15) is 138 Å². The molecule has 0 rings (SSSR count). The summed E-state index contributed by atoms with van der Waals surface area (Å²) in [4.78, 5) is 0. The third kappa shape index (κ3) is 105000. The Labute approximate surface area is 227 Å². The van der Waals surface area contributed by atoms with Crippen LogP contribution in [0.5, 0.6) is 0 Å². The van der Waals surface area contributed by atoms with E-state index >= 15 is 0 Å². The predicted octanol–water partition coefficient (Wildman–Crippen LogP) is 7.52. The largest absolute Gasteiger partial charge is 1.00 e. The molecule has 0 nitrogen and oxygen atoms in total. The quantitative estimate of drug-likeness (QED) is 0.180. The predicted molar refractivity (Wildman–Crippen MR) is 82.6 cm³/mol. The van der Waals surface area contributed by atoms with Crippen LogP contribution in [0.4, 0.5) is 138 Å². The Bertz CT molecular complexity index is 311. The fourth-order valence-corrected chi connectivity index (χ4v) is 0. The first-order valence-electron chi connectivity index (χ1n) is 6.98.